The van der Waals surface area contributed by atoms with Crippen LogP contribution in [0.3, 0.4) is 0 Å². The Morgan fingerprint density at radius 2 is 1.96 bits per heavy atom. The molecule has 0 fully saturated rings. The maximum absolute atomic E-state index is 12.1. The molecule has 3 nitrogen and oxygen atoms in total. The molecule has 0 aliphatic heterocycles. The Morgan fingerprint density at radius 3 is 2.56 bits per heavy atom. The smallest absolute Gasteiger partial charge is 0.161 e. The van der Waals surface area contributed by atoms with Gasteiger partial charge in [0.25, 0.3) is 0 Å². The van der Waals surface area contributed by atoms with Gasteiger partial charge in [-0.15, -0.1) is 11.8 Å². The van der Waals surface area contributed by atoms with Crippen LogP contribution in [0.15, 0.2) is 47.9 Å². The van der Waals surface area contributed by atoms with Crippen LogP contribution < -0.4 is 10.1 Å². The van der Waals surface area contributed by atoms with Gasteiger partial charge in [-0.25, -0.2) is 0 Å². The molecule has 25 heavy (non-hydrogen) atoms. The van der Waals surface area contributed by atoms with Gasteiger partial charge >= 0.3 is 0 Å². The van der Waals surface area contributed by atoms with Crippen molar-refractivity contribution in [2.75, 3.05) is 18.7 Å². The molecular formula is C21H25NO2S. The first kappa shape index (κ1) is 19.1. The molecule has 2 aromatic carbocycles. The quantitative estimate of drug-likeness (QED) is 0.490. The van der Waals surface area contributed by atoms with Crippen molar-refractivity contribution in [1.29, 1.82) is 0 Å². The highest BCUT2D eigenvalue weighted by Crippen LogP contribution is 2.32. The van der Waals surface area contributed by atoms with Gasteiger partial charge in [0.1, 0.15) is 5.75 Å². The highest BCUT2D eigenvalue weighted by molar-refractivity contribution is 7.98. The van der Waals surface area contributed by atoms with E-state index in [0.29, 0.717) is 5.56 Å². The fourth-order valence-corrected chi connectivity index (χ4v) is 3.42. The molecule has 0 spiro atoms. The third kappa shape index (κ3) is 4.45. The van der Waals surface area contributed by atoms with Crippen LogP contribution in [0.25, 0.3) is 5.70 Å². The molecule has 0 aliphatic rings. The highest BCUT2D eigenvalue weighted by atomic mass is 32.2. The average molecular weight is 356 g/mol. The number of benzene rings is 2. The van der Waals surface area contributed by atoms with Gasteiger partial charge in [0.2, 0.25) is 0 Å². The van der Waals surface area contributed by atoms with Gasteiger partial charge in [0.15, 0.2) is 5.78 Å². The molecule has 0 aromatic heterocycles. The maximum Gasteiger partial charge on any atom is 0.161 e. The minimum Gasteiger partial charge on any atom is -0.496 e. The van der Waals surface area contributed by atoms with Crippen LogP contribution in [0.4, 0.5) is 5.69 Å². The molecule has 0 heterocycles. The SMILES string of the molecule is C=C(Nc1cc(OC)c(CCC)cc1C(C)=O)c1ccccc1SC. The summed E-state index contributed by atoms with van der Waals surface area (Å²) in [5, 5.41) is 3.32. The molecule has 0 saturated carbocycles. The summed E-state index contributed by atoms with van der Waals surface area (Å²) in [5.74, 6) is 0.814. The van der Waals surface area contributed by atoms with E-state index in [1.165, 1.54) is 0 Å². The first-order valence-electron chi connectivity index (χ1n) is 8.33. The van der Waals surface area contributed by atoms with Crippen LogP contribution in [0, 0.1) is 0 Å². The second-order valence-electron chi connectivity index (χ2n) is 5.82. The van der Waals surface area contributed by atoms with Crippen molar-refractivity contribution in [2.45, 2.75) is 31.6 Å². The molecule has 4 heteroatoms. The summed E-state index contributed by atoms with van der Waals surface area (Å²) in [5.41, 5.74) is 4.23. The van der Waals surface area contributed by atoms with Crippen molar-refractivity contribution < 1.29 is 9.53 Å². The van der Waals surface area contributed by atoms with Crippen molar-refractivity contribution in [1.82, 2.24) is 0 Å². The monoisotopic (exact) mass is 355 g/mol. The molecular weight excluding hydrogens is 330 g/mol. The van der Waals surface area contributed by atoms with Crippen LogP contribution >= 0.6 is 11.8 Å². The number of ether oxygens (including phenoxy) is 1. The van der Waals surface area contributed by atoms with E-state index < -0.39 is 0 Å². The first-order chi connectivity index (χ1) is 12.0. The number of anilines is 1. The van der Waals surface area contributed by atoms with E-state index in [4.69, 9.17) is 4.74 Å². The van der Waals surface area contributed by atoms with Crippen LogP contribution in [-0.4, -0.2) is 19.1 Å². The van der Waals surface area contributed by atoms with E-state index in [-0.39, 0.29) is 5.78 Å². The van der Waals surface area contributed by atoms with E-state index in [0.717, 1.165) is 46.0 Å². The second-order valence-corrected chi connectivity index (χ2v) is 6.67. The molecule has 0 saturated heterocycles. The van der Waals surface area contributed by atoms with Crippen molar-refractivity contribution in [3.05, 3.63) is 59.7 Å². The topological polar surface area (TPSA) is 38.3 Å². The molecule has 0 bridgehead atoms. The lowest BCUT2D eigenvalue weighted by Crippen LogP contribution is -2.06. The van der Waals surface area contributed by atoms with Crippen LogP contribution in [0.2, 0.25) is 0 Å². The molecule has 0 amide bonds. The number of carbonyl (C=O) groups is 1. The van der Waals surface area contributed by atoms with Gasteiger partial charge < -0.3 is 10.1 Å². The fourth-order valence-electron chi connectivity index (χ4n) is 2.80. The first-order valence-corrected chi connectivity index (χ1v) is 9.55. The summed E-state index contributed by atoms with van der Waals surface area (Å²) in [6.07, 6.45) is 3.91. The van der Waals surface area contributed by atoms with E-state index in [2.05, 4.69) is 24.9 Å². The molecule has 132 valence electrons. The molecule has 2 rings (SSSR count). The molecule has 0 aliphatic carbocycles. The van der Waals surface area contributed by atoms with Crippen molar-refractivity contribution in [3.63, 3.8) is 0 Å². The third-order valence-electron chi connectivity index (χ3n) is 4.04. The normalized spacial score (nSPS) is 10.4. The van der Waals surface area contributed by atoms with Gasteiger partial charge in [-0.1, -0.05) is 38.1 Å². The van der Waals surface area contributed by atoms with Crippen LogP contribution in [0.5, 0.6) is 5.75 Å². The largest absolute Gasteiger partial charge is 0.496 e. The number of hydrogen-bond donors (Lipinski definition) is 1. The van der Waals surface area contributed by atoms with Crippen LogP contribution in [-0.2, 0) is 6.42 Å². The summed E-state index contributed by atoms with van der Waals surface area (Å²) < 4.78 is 5.52. The Balaban J connectivity index is 2.43. The number of thioether (sulfide) groups is 1. The summed E-state index contributed by atoms with van der Waals surface area (Å²) in [4.78, 5) is 13.3. The number of methoxy groups -OCH3 is 1. The van der Waals surface area contributed by atoms with E-state index in [1.54, 1.807) is 25.8 Å². The Labute approximate surface area is 154 Å². The lowest BCUT2D eigenvalue weighted by Gasteiger charge is -2.18. The summed E-state index contributed by atoms with van der Waals surface area (Å²) in [6.45, 7) is 7.86. The van der Waals surface area contributed by atoms with E-state index >= 15 is 0 Å². The molecule has 2 aromatic rings. The van der Waals surface area contributed by atoms with Crippen LogP contribution in [0.1, 0.15) is 41.8 Å². The number of hydrogen-bond acceptors (Lipinski definition) is 4. The predicted octanol–water partition coefficient (Wildman–Crippen LogP) is 5.66. The lowest BCUT2D eigenvalue weighted by atomic mass is 10.0. The van der Waals surface area contributed by atoms with Crippen molar-refractivity contribution >= 4 is 28.9 Å². The number of Topliss-reactive ketones (excluding diaryl/α,β-unsaturated/α-hetero) is 1. The van der Waals surface area contributed by atoms with E-state index in [1.807, 2.05) is 36.6 Å². The lowest BCUT2D eigenvalue weighted by molar-refractivity contribution is 0.101. The Kier molecular flexibility index (Phi) is 6.71. The summed E-state index contributed by atoms with van der Waals surface area (Å²) in [7, 11) is 1.66. The van der Waals surface area contributed by atoms with E-state index in [9.17, 15) is 4.79 Å². The summed E-state index contributed by atoms with van der Waals surface area (Å²) in [6, 6.07) is 11.9. The third-order valence-corrected chi connectivity index (χ3v) is 4.83. The zero-order valence-corrected chi connectivity index (χ0v) is 16.1. The number of ketones is 1. The fraction of sp³-hybridized carbons (Fsp3) is 0.286. The van der Waals surface area contributed by atoms with Gasteiger partial charge in [-0.2, -0.15) is 0 Å². The average Bonchev–Trinajstić information content (AvgIpc) is 2.62. The number of aryl methyl sites for hydroxylation is 1. The van der Waals surface area contributed by atoms with Gasteiger partial charge in [-0.3, -0.25) is 4.79 Å². The molecule has 0 unspecified atom stereocenters. The Morgan fingerprint density at radius 1 is 1.24 bits per heavy atom. The van der Waals surface area contributed by atoms with Gasteiger partial charge in [0, 0.05) is 27.8 Å². The predicted molar refractivity (Wildman–Crippen MR) is 108 cm³/mol. The van der Waals surface area contributed by atoms with Crippen molar-refractivity contribution in [3.8, 4) is 5.75 Å². The van der Waals surface area contributed by atoms with Gasteiger partial charge in [-0.05, 0) is 37.3 Å². The second kappa shape index (κ2) is 8.77. The zero-order valence-electron chi connectivity index (χ0n) is 15.3. The number of nitrogens with one attached hydrogen (secondary N) is 1. The molecule has 0 radical (unpaired) electrons. The van der Waals surface area contributed by atoms with Crippen molar-refractivity contribution in [2.24, 2.45) is 0 Å². The highest BCUT2D eigenvalue weighted by Gasteiger charge is 2.15. The van der Waals surface area contributed by atoms with Gasteiger partial charge in [0.05, 0.1) is 12.8 Å². The Bertz CT molecular complexity index is 783. The molecule has 0 atom stereocenters. The molecule has 1 N–H and O–H groups in total. The number of carbonyl (C=O) groups excluding carboxylic acids is 1. The maximum atomic E-state index is 12.1. The Hall–Kier alpha value is -2.20. The number of rotatable bonds is 8. The minimum atomic E-state index is 0.0217. The summed E-state index contributed by atoms with van der Waals surface area (Å²) >= 11 is 1.67. The standard InChI is InChI=1S/C21H25NO2S/c1-6-9-16-12-18(15(3)23)19(13-20(16)24-4)22-14(2)17-10-7-8-11-21(17)25-5/h7-8,10-13,22H,2,6,9H2,1,3-5H3. The zero-order chi connectivity index (χ0) is 18.4. The minimum absolute atomic E-state index is 0.0217.